The summed E-state index contributed by atoms with van der Waals surface area (Å²) in [6.45, 7) is 4.44. The van der Waals surface area contributed by atoms with Crippen molar-refractivity contribution >= 4 is 11.8 Å². The van der Waals surface area contributed by atoms with Crippen LogP contribution in [0, 0.1) is 0 Å². The summed E-state index contributed by atoms with van der Waals surface area (Å²) in [7, 11) is 5.78. The lowest BCUT2D eigenvalue weighted by molar-refractivity contribution is 0.0243. The van der Waals surface area contributed by atoms with E-state index >= 15 is 0 Å². The highest BCUT2D eigenvalue weighted by Gasteiger charge is 2.29. The van der Waals surface area contributed by atoms with Crippen LogP contribution in [0.1, 0.15) is 25.3 Å². The molecule has 2 rings (SSSR count). The van der Waals surface area contributed by atoms with E-state index in [4.69, 9.17) is 4.74 Å². The highest BCUT2D eigenvalue weighted by atomic mass is 16.5. The first-order valence-corrected chi connectivity index (χ1v) is 7.74. The lowest BCUT2D eigenvalue weighted by Gasteiger charge is -2.25. The number of nitrogens with one attached hydrogen (secondary N) is 2. The van der Waals surface area contributed by atoms with Crippen LogP contribution in [0.3, 0.4) is 0 Å². The molecule has 2 N–H and O–H groups in total. The van der Waals surface area contributed by atoms with Crippen LogP contribution in [0.25, 0.3) is 0 Å². The van der Waals surface area contributed by atoms with Gasteiger partial charge in [-0.25, -0.2) is 4.98 Å². The molecule has 6 nitrogen and oxygen atoms in total. The molecular weight excluding hydrogens is 278 g/mol. The average molecular weight is 305 g/mol. The average Bonchev–Trinajstić information content (AvgIpc) is 2.95. The summed E-state index contributed by atoms with van der Waals surface area (Å²) in [4.78, 5) is 10.7. The highest BCUT2D eigenvalue weighted by molar-refractivity contribution is 5.79. The number of hydrogen-bond donors (Lipinski definition) is 2. The van der Waals surface area contributed by atoms with Crippen molar-refractivity contribution in [2.24, 2.45) is 4.99 Å². The fourth-order valence-corrected chi connectivity index (χ4v) is 2.62. The van der Waals surface area contributed by atoms with Gasteiger partial charge >= 0.3 is 0 Å². The Morgan fingerprint density at radius 1 is 1.45 bits per heavy atom. The number of aromatic nitrogens is 1. The number of pyridine rings is 1. The molecule has 0 aliphatic carbocycles. The molecule has 1 unspecified atom stereocenters. The molecule has 0 spiro atoms. The zero-order valence-corrected chi connectivity index (χ0v) is 14.0. The van der Waals surface area contributed by atoms with Crippen molar-refractivity contribution in [2.75, 3.05) is 39.2 Å². The van der Waals surface area contributed by atoms with Gasteiger partial charge in [-0.05, 0) is 25.8 Å². The molecule has 0 saturated carbocycles. The van der Waals surface area contributed by atoms with Crippen molar-refractivity contribution < 1.29 is 4.74 Å². The summed E-state index contributed by atoms with van der Waals surface area (Å²) in [6, 6.07) is 4.03. The quantitative estimate of drug-likeness (QED) is 0.636. The molecule has 1 fully saturated rings. The summed E-state index contributed by atoms with van der Waals surface area (Å²) in [5, 5.41) is 6.69. The Bertz CT molecular complexity index is 509. The molecule has 0 aromatic carbocycles. The first-order valence-electron chi connectivity index (χ1n) is 7.74. The second kappa shape index (κ2) is 7.45. The Balaban J connectivity index is 1.89. The number of guanidine groups is 1. The van der Waals surface area contributed by atoms with Gasteiger partial charge in [0.2, 0.25) is 0 Å². The van der Waals surface area contributed by atoms with Crippen LogP contribution in [0.2, 0.25) is 0 Å². The number of rotatable bonds is 5. The Hall–Kier alpha value is -1.82. The monoisotopic (exact) mass is 305 g/mol. The third-order valence-electron chi connectivity index (χ3n) is 3.89. The van der Waals surface area contributed by atoms with E-state index in [1.807, 2.05) is 31.3 Å². The van der Waals surface area contributed by atoms with E-state index in [9.17, 15) is 0 Å². The van der Waals surface area contributed by atoms with Crippen molar-refractivity contribution in [1.82, 2.24) is 15.6 Å². The minimum atomic E-state index is -0.0826. The van der Waals surface area contributed by atoms with Crippen LogP contribution < -0.4 is 15.5 Å². The van der Waals surface area contributed by atoms with Crippen LogP contribution in [0.5, 0.6) is 0 Å². The van der Waals surface area contributed by atoms with Gasteiger partial charge in [0.05, 0.1) is 5.60 Å². The Morgan fingerprint density at radius 3 is 2.91 bits per heavy atom. The van der Waals surface area contributed by atoms with Crippen molar-refractivity contribution in [2.45, 2.75) is 31.9 Å². The molecule has 6 heteroatoms. The van der Waals surface area contributed by atoms with Gasteiger partial charge in [-0.2, -0.15) is 0 Å². The van der Waals surface area contributed by atoms with E-state index in [1.165, 1.54) is 0 Å². The minimum absolute atomic E-state index is 0.0826. The Labute approximate surface area is 133 Å². The lowest BCUT2D eigenvalue weighted by Crippen LogP contribution is -2.45. The molecular formula is C16H27N5O. The molecule has 1 aromatic heterocycles. The second-order valence-corrected chi connectivity index (χ2v) is 6.06. The molecule has 2 heterocycles. The van der Waals surface area contributed by atoms with Crippen LogP contribution in [0.4, 0.5) is 5.82 Å². The predicted octanol–water partition coefficient (Wildman–Crippen LogP) is 1.38. The van der Waals surface area contributed by atoms with E-state index in [0.717, 1.165) is 43.3 Å². The van der Waals surface area contributed by atoms with Gasteiger partial charge in [-0.1, -0.05) is 6.07 Å². The van der Waals surface area contributed by atoms with Crippen LogP contribution in [-0.4, -0.2) is 50.8 Å². The zero-order chi connectivity index (χ0) is 16.0. The fourth-order valence-electron chi connectivity index (χ4n) is 2.62. The van der Waals surface area contributed by atoms with Crippen LogP contribution >= 0.6 is 0 Å². The summed E-state index contributed by atoms with van der Waals surface area (Å²) in [5.74, 6) is 1.75. The van der Waals surface area contributed by atoms with Crippen molar-refractivity contribution in [1.29, 1.82) is 0 Å². The fraction of sp³-hybridized carbons (Fsp3) is 0.625. The predicted molar refractivity (Wildman–Crippen MR) is 90.4 cm³/mol. The third kappa shape index (κ3) is 4.34. The van der Waals surface area contributed by atoms with Gasteiger partial charge in [-0.15, -0.1) is 0 Å². The van der Waals surface area contributed by atoms with Crippen LogP contribution in [-0.2, 0) is 11.3 Å². The molecule has 122 valence electrons. The molecule has 1 aromatic rings. The number of aliphatic imine (C=N–C) groups is 1. The second-order valence-electron chi connectivity index (χ2n) is 6.06. The molecule has 0 amide bonds. The van der Waals surface area contributed by atoms with Crippen molar-refractivity contribution in [3.8, 4) is 0 Å². The number of anilines is 1. The maximum absolute atomic E-state index is 5.79. The molecule has 22 heavy (non-hydrogen) atoms. The first-order chi connectivity index (χ1) is 10.5. The smallest absolute Gasteiger partial charge is 0.191 e. The Kier molecular flexibility index (Phi) is 5.60. The largest absolute Gasteiger partial charge is 0.373 e. The maximum atomic E-state index is 5.79. The molecule has 0 radical (unpaired) electrons. The number of nitrogens with zero attached hydrogens (tertiary/aromatic N) is 3. The van der Waals surface area contributed by atoms with Gasteiger partial charge in [-0.3, -0.25) is 4.99 Å². The van der Waals surface area contributed by atoms with E-state index in [0.29, 0.717) is 6.54 Å². The van der Waals surface area contributed by atoms with Gasteiger partial charge in [0.1, 0.15) is 5.82 Å². The zero-order valence-electron chi connectivity index (χ0n) is 14.0. The van der Waals surface area contributed by atoms with Gasteiger partial charge < -0.3 is 20.3 Å². The summed E-state index contributed by atoms with van der Waals surface area (Å²) < 4.78 is 5.79. The highest BCUT2D eigenvalue weighted by Crippen LogP contribution is 2.23. The number of ether oxygens (including phenoxy) is 1. The SMILES string of the molecule is CN=C(NCc1cccnc1N(C)C)NCC1(C)CCCO1. The van der Waals surface area contributed by atoms with E-state index in [1.54, 1.807) is 7.05 Å². The summed E-state index contributed by atoms with van der Waals surface area (Å²) in [6.07, 6.45) is 4.03. The minimum Gasteiger partial charge on any atom is -0.373 e. The normalized spacial score (nSPS) is 21.7. The number of hydrogen-bond acceptors (Lipinski definition) is 4. The standard InChI is InChI=1S/C16H27N5O/c1-16(8-6-10-22-16)12-20-15(17-2)19-11-13-7-5-9-18-14(13)21(3)4/h5,7,9H,6,8,10-12H2,1-4H3,(H2,17,19,20). The van der Waals surface area contributed by atoms with E-state index in [-0.39, 0.29) is 5.60 Å². The Morgan fingerprint density at radius 2 is 2.27 bits per heavy atom. The lowest BCUT2D eigenvalue weighted by atomic mass is 10.0. The molecule has 1 atom stereocenters. The maximum Gasteiger partial charge on any atom is 0.191 e. The van der Waals surface area contributed by atoms with Gasteiger partial charge in [0, 0.05) is 52.6 Å². The molecule has 1 aliphatic rings. The van der Waals surface area contributed by atoms with Gasteiger partial charge in [0.25, 0.3) is 0 Å². The van der Waals surface area contributed by atoms with Crippen molar-refractivity contribution in [3.05, 3.63) is 23.9 Å². The van der Waals surface area contributed by atoms with E-state index < -0.39 is 0 Å². The van der Waals surface area contributed by atoms with Crippen molar-refractivity contribution in [3.63, 3.8) is 0 Å². The molecule has 1 aliphatic heterocycles. The third-order valence-corrected chi connectivity index (χ3v) is 3.89. The van der Waals surface area contributed by atoms with Gasteiger partial charge in [0.15, 0.2) is 5.96 Å². The topological polar surface area (TPSA) is 61.8 Å². The first kappa shape index (κ1) is 16.5. The van der Waals surface area contributed by atoms with Crippen LogP contribution in [0.15, 0.2) is 23.3 Å². The molecule has 1 saturated heterocycles. The van der Waals surface area contributed by atoms with E-state index in [2.05, 4.69) is 33.6 Å². The summed E-state index contributed by atoms with van der Waals surface area (Å²) >= 11 is 0. The molecule has 0 bridgehead atoms. The summed E-state index contributed by atoms with van der Waals surface area (Å²) in [5.41, 5.74) is 1.06.